The van der Waals surface area contributed by atoms with E-state index in [9.17, 15) is 13.5 Å². The molecule has 4 aromatic rings. The molecule has 0 saturated heterocycles. The Kier molecular flexibility index (Phi) is 6.95. The van der Waals surface area contributed by atoms with Gasteiger partial charge in [-0.2, -0.15) is 0 Å². The van der Waals surface area contributed by atoms with Gasteiger partial charge in [0.05, 0.1) is 21.3 Å². The van der Waals surface area contributed by atoms with Crippen LogP contribution in [0.5, 0.6) is 5.75 Å². The fraction of sp³-hybridized carbons (Fsp3) is 0.200. The Hall–Kier alpha value is -3.24. The van der Waals surface area contributed by atoms with Crippen LogP contribution in [-0.2, 0) is 22.0 Å². The van der Waals surface area contributed by atoms with Crippen molar-refractivity contribution in [3.8, 4) is 28.3 Å². The number of rotatable bonds is 8. The summed E-state index contributed by atoms with van der Waals surface area (Å²) >= 11 is 6.00. The average molecular weight is 512 g/mol. The molecule has 0 amide bonds. The number of pyridine rings is 1. The van der Waals surface area contributed by atoms with Crippen molar-refractivity contribution in [1.82, 2.24) is 19.7 Å². The van der Waals surface area contributed by atoms with Gasteiger partial charge in [0.15, 0.2) is 0 Å². The van der Waals surface area contributed by atoms with E-state index in [1.54, 1.807) is 42.7 Å². The topological polar surface area (TPSA) is 134 Å². The van der Waals surface area contributed by atoms with Crippen molar-refractivity contribution < 1.29 is 13.5 Å². The van der Waals surface area contributed by atoms with Gasteiger partial charge in [0.1, 0.15) is 11.6 Å². The molecule has 10 heteroatoms. The third kappa shape index (κ3) is 5.38. The second-order valence-electron chi connectivity index (χ2n) is 8.77. The van der Waals surface area contributed by atoms with E-state index in [0.717, 1.165) is 16.8 Å². The zero-order valence-electron chi connectivity index (χ0n) is 19.3. The number of hydrogen-bond acceptors (Lipinski definition) is 6. The fourth-order valence-corrected chi connectivity index (χ4v) is 4.87. The summed E-state index contributed by atoms with van der Waals surface area (Å²) in [7, 11) is -3.73. The van der Waals surface area contributed by atoms with Gasteiger partial charge in [-0.25, -0.2) is 18.1 Å². The molecule has 0 fully saturated rings. The predicted octanol–water partition coefficient (Wildman–Crippen LogP) is 4.21. The number of aromatic amines is 1. The number of nitrogens with two attached hydrogens (primary N) is 1. The van der Waals surface area contributed by atoms with E-state index < -0.39 is 15.4 Å². The first-order valence-corrected chi connectivity index (χ1v) is 12.8. The second kappa shape index (κ2) is 9.79. The zero-order valence-corrected chi connectivity index (χ0v) is 20.9. The summed E-state index contributed by atoms with van der Waals surface area (Å²) in [5, 5.41) is 10.4. The van der Waals surface area contributed by atoms with Crippen LogP contribution in [0, 0.1) is 0 Å². The molecular formula is C25H26ClN5O3S. The van der Waals surface area contributed by atoms with Gasteiger partial charge in [-0.05, 0) is 42.0 Å². The molecule has 0 aliphatic carbocycles. The van der Waals surface area contributed by atoms with Crippen molar-refractivity contribution in [3.05, 3.63) is 83.4 Å². The lowest BCUT2D eigenvalue weighted by Gasteiger charge is -2.22. The number of sulfonamides is 1. The molecule has 8 nitrogen and oxygen atoms in total. The summed E-state index contributed by atoms with van der Waals surface area (Å²) in [6.07, 6.45) is 3.35. The van der Waals surface area contributed by atoms with Gasteiger partial charge < -0.3 is 15.8 Å². The number of phenols is 1. The van der Waals surface area contributed by atoms with Crippen LogP contribution in [0.25, 0.3) is 22.5 Å². The molecule has 0 bridgehead atoms. The van der Waals surface area contributed by atoms with E-state index in [1.807, 2.05) is 26.0 Å². The molecule has 0 atom stereocenters. The highest BCUT2D eigenvalue weighted by molar-refractivity contribution is 7.89. The first-order valence-electron chi connectivity index (χ1n) is 10.9. The van der Waals surface area contributed by atoms with Gasteiger partial charge in [0.2, 0.25) is 10.0 Å². The maximum atomic E-state index is 12.9. The van der Waals surface area contributed by atoms with E-state index in [-0.39, 0.29) is 22.2 Å². The monoisotopic (exact) mass is 511 g/mol. The molecule has 35 heavy (non-hydrogen) atoms. The number of aromatic nitrogens is 3. The number of phenolic OH excluding ortho intramolecular Hbond substituents is 1. The van der Waals surface area contributed by atoms with Crippen LogP contribution in [0.1, 0.15) is 25.2 Å². The molecule has 182 valence electrons. The number of nitrogens with zero attached hydrogens (tertiary/aromatic N) is 2. The Balaban J connectivity index is 1.67. The van der Waals surface area contributed by atoms with Crippen molar-refractivity contribution in [3.63, 3.8) is 0 Å². The van der Waals surface area contributed by atoms with Crippen molar-refractivity contribution >= 4 is 21.6 Å². The van der Waals surface area contributed by atoms with Crippen LogP contribution in [0.3, 0.4) is 0 Å². The number of imidazole rings is 1. The molecule has 0 unspecified atom stereocenters. The number of benzene rings is 2. The Labute approximate surface area is 209 Å². The molecule has 0 spiro atoms. The molecule has 0 radical (unpaired) electrons. The fourth-order valence-electron chi connectivity index (χ4n) is 3.54. The van der Waals surface area contributed by atoms with Crippen molar-refractivity contribution in [1.29, 1.82) is 0 Å². The molecule has 5 N–H and O–H groups in total. The Morgan fingerprint density at radius 2 is 1.74 bits per heavy atom. The third-order valence-electron chi connectivity index (χ3n) is 5.71. The maximum absolute atomic E-state index is 12.9. The summed E-state index contributed by atoms with van der Waals surface area (Å²) in [5.74, 6) is 0.525. The van der Waals surface area contributed by atoms with Gasteiger partial charge in [-0.15, -0.1) is 0 Å². The minimum atomic E-state index is -3.73. The summed E-state index contributed by atoms with van der Waals surface area (Å²) in [5.41, 5.74) is 8.59. The van der Waals surface area contributed by atoms with Crippen molar-refractivity contribution in [2.45, 2.75) is 30.7 Å². The van der Waals surface area contributed by atoms with Crippen LogP contribution < -0.4 is 10.5 Å². The largest absolute Gasteiger partial charge is 0.506 e. The van der Waals surface area contributed by atoms with E-state index in [0.29, 0.717) is 23.6 Å². The number of nitrogens with one attached hydrogen (secondary N) is 2. The van der Waals surface area contributed by atoms with Gasteiger partial charge in [-0.3, -0.25) is 4.98 Å². The number of H-pyrrole nitrogens is 1. The lowest BCUT2D eigenvalue weighted by atomic mass is 9.93. The molecule has 0 aliphatic rings. The minimum Gasteiger partial charge on any atom is -0.506 e. The molecule has 4 rings (SSSR count). The highest BCUT2D eigenvalue weighted by atomic mass is 35.5. The smallest absolute Gasteiger partial charge is 0.240 e. The van der Waals surface area contributed by atoms with Crippen LogP contribution in [0.2, 0.25) is 5.02 Å². The number of halogens is 1. The van der Waals surface area contributed by atoms with E-state index in [1.165, 1.54) is 12.1 Å². The standard InChI is InChI=1S/C25H26ClN5O3S/c1-25(2,15-29-35(33,34)19-6-3-16(14-27)4-7-19)24-30-22(17-9-11-28-12-10-17)23(31-24)18-5-8-20(26)21(32)13-18/h3-13,29,32H,14-15,27H2,1-2H3,(H,30,31). The summed E-state index contributed by atoms with van der Waals surface area (Å²) in [6.45, 7) is 4.23. The molecule has 0 saturated carbocycles. The first-order chi connectivity index (χ1) is 16.6. The second-order valence-corrected chi connectivity index (χ2v) is 10.9. The first kappa shape index (κ1) is 24.9. The number of aromatic hydroxyl groups is 1. The zero-order chi connectivity index (χ0) is 25.2. The SMILES string of the molecule is CC(C)(CNS(=O)(=O)c1ccc(CN)cc1)c1nc(-c2ccc(Cl)c(O)c2)c(-c2ccncc2)[nH]1. The third-order valence-corrected chi connectivity index (χ3v) is 7.44. The quantitative estimate of drug-likeness (QED) is 0.280. The molecular weight excluding hydrogens is 486 g/mol. The maximum Gasteiger partial charge on any atom is 0.240 e. The lowest BCUT2D eigenvalue weighted by molar-refractivity contribution is 0.475. The Morgan fingerprint density at radius 1 is 1.06 bits per heavy atom. The Bertz CT molecular complexity index is 1440. The molecule has 2 aromatic heterocycles. The summed E-state index contributed by atoms with van der Waals surface area (Å²) in [6, 6.07) is 15.1. The average Bonchev–Trinajstić information content (AvgIpc) is 3.32. The number of hydrogen-bond donors (Lipinski definition) is 4. The highest BCUT2D eigenvalue weighted by Gasteiger charge is 2.29. The summed E-state index contributed by atoms with van der Waals surface area (Å²) < 4.78 is 28.4. The van der Waals surface area contributed by atoms with Crippen LogP contribution in [0.4, 0.5) is 0 Å². The molecule has 2 heterocycles. The van der Waals surface area contributed by atoms with E-state index >= 15 is 0 Å². The van der Waals surface area contributed by atoms with E-state index in [4.69, 9.17) is 22.3 Å². The van der Waals surface area contributed by atoms with Gasteiger partial charge in [-0.1, -0.05) is 43.6 Å². The minimum absolute atomic E-state index is 0.0536. The van der Waals surface area contributed by atoms with Gasteiger partial charge >= 0.3 is 0 Å². The Morgan fingerprint density at radius 3 is 2.37 bits per heavy atom. The van der Waals surface area contributed by atoms with Crippen LogP contribution >= 0.6 is 11.6 Å². The predicted molar refractivity (Wildman–Crippen MR) is 136 cm³/mol. The summed E-state index contributed by atoms with van der Waals surface area (Å²) in [4.78, 5) is 12.4. The highest BCUT2D eigenvalue weighted by Crippen LogP contribution is 2.36. The van der Waals surface area contributed by atoms with Gasteiger partial charge in [0.25, 0.3) is 0 Å². The molecule has 0 aliphatic heterocycles. The lowest BCUT2D eigenvalue weighted by Crippen LogP contribution is -2.37. The van der Waals surface area contributed by atoms with Crippen LogP contribution in [0.15, 0.2) is 71.9 Å². The van der Waals surface area contributed by atoms with E-state index in [2.05, 4.69) is 14.7 Å². The van der Waals surface area contributed by atoms with Crippen molar-refractivity contribution in [2.75, 3.05) is 6.54 Å². The van der Waals surface area contributed by atoms with Crippen molar-refractivity contribution in [2.24, 2.45) is 5.73 Å². The van der Waals surface area contributed by atoms with Gasteiger partial charge in [0, 0.05) is 42.0 Å². The van der Waals surface area contributed by atoms with Crippen LogP contribution in [-0.4, -0.2) is 35.0 Å². The molecule has 2 aromatic carbocycles. The normalized spacial score (nSPS) is 12.1.